The lowest BCUT2D eigenvalue weighted by atomic mass is 10.1. The summed E-state index contributed by atoms with van der Waals surface area (Å²) in [6, 6.07) is 0. The van der Waals surface area contributed by atoms with E-state index in [1.807, 2.05) is 13.8 Å². The number of ether oxygens (including phenoxy) is 3. The Labute approximate surface area is 103 Å². The standard InChI is InChI=1S/C12H23NO4/c1-4-16-11(17-5-2)9-13-7-6-10(8-13)12(14)15-3/h10-11H,4-9H2,1-3H3. The first-order valence-corrected chi connectivity index (χ1v) is 6.24. The molecule has 1 unspecified atom stereocenters. The van der Waals surface area contributed by atoms with E-state index in [2.05, 4.69) is 4.90 Å². The molecule has 1 rings (SSSR count). The van der Waals surface area contributed by atoms with E-state index >= 15 is 0 Å². The lowest BCUT2D eigenvalue weighted by Gasteiger charge is -2.23. The molecule has 0 aromatic carbocycles. The number of esters is 1. The van der Waals surface area contributed by atoms with Crippen LogP contribution in [0.4, 0.5) is 0 Å². The van der Waals surface area contributed by atoms with Gasteiger partial charge >= 0.3 is 5.97 Å². The first-order valence-electron chi connectivity index (χ1n) is 6.24. The van der Waals surface area contributed by atoms with Crippen LogP contribution in [0.15, 0.2) is 0 Å². The second-order valence-electron chi connectivity index (χ2n) is 4.11. The molecule has 5 heteroatoms. The van der Waals surface area contributed by atoms with Crippen LogP contribution in [-0.4, -0.2) is 57.1 Å². The van der Waals surface area contributed by atoms with Crippen molar-refractivity contribution in [3.63, 3.8) is 0 Å². The van der Waals surface area contributed by atoms with Gasteiger partial charge < -0.3 is 14.2 Å². The van der Waals surface area contributed by atoms with E-state index in [0.29, 0.717) is 13.2 Å². The molecule has 0 aliphatic carbocycles. The van der Waals surface area contributed by atoms with E-state index in [-0.39, 0.29) is 18.2 Å². The van der Waals surface area contributed by atoms with Crippen LogP contribution in [0.1, 0.15) is 20.3 Å². The van der Waals surface area contributed by atoms with Crippen LogP contribution in [-0.2, 0) is 19.0 Å². The maximum atomic E-state index is 11.4. The van der Waals surface area contributed by atoms with Gasteiger partial charge in [0.25, 0.3) is 0 Å². The highest BCUT2D eigenvalue weighted by atomic mass is 16.7. The van der Waals surface area contributed by atoms with Crippen LogP contribution in [0.5, 0.6) is 0 Å². The van der Waals surface area contributed by atoms with Crippen molar-refractivity contribution in [2.45, 2.75) is 26.6 Å². The van der Waals surface area contributed by atoms with Crippen LogP contribution in [0.25, 0.3) is 0 Å². The SMILES string of the molecule is CCOC(CN1CCC(C(=O)OC)C1)OCC. The molecule has 5 nitrogen and oxygen atoms in total. The van der Waals surface area contributed by atoms with Gasteiger partial charge in [0.15, 0.2) is 6.29 Å². The average molecular weight is 245 g/mol. The first-order chi connectivity index (χ1) is 8.21. The lowest BCUT2D eigenvalue weighted by Crippen LogP contribution is -2.35. The van der Waals surface area contributed by atoms with E-state index in [1.54, 1.807) is 0 Å². The third kappa shape index (κ3) is 4.61. The Morgan fingerprint density at radius 2 is 2.00 bits per heavy atom. The smallest absolute Gasteiger partial charge is 0.310 e. The lowest BCUT2D eigenvalue weighted by molar-refractivity contribution is -0.149. The van der Waals surface area contributed by atoms with Crippen LogP contribution < -0.4 is 0 Å². The highest BCUT2D eigenvalue weighted by Crippen LogP contribution is 2.18. The van der Waals surface area contributed by atoms with Crippen molar-refractivity contribution in [1.82, 2.24) is 4.90 Å². The van der Waals surface area contributed by atoms with Crippen LogP contribution in [0, 0.1) is 5.92 Å². The zero-order valence-corrected chi connectivity index (χ0v) is 11.0. The summed E-state index contributed by atoms with van der Waals surface area (Å²) in [5.41, 5.74) is 0. The molecule has 1 saturated heterocycles. The van der Waals surface area contributed by atoms with Crippen LogP contribution in [0.3, 0.4) is 0 Å². The highest BCUT2D eigenvalue weighted by molar-refractivity contribution is 5.72. The normalized spacial score (nSPS) is 21.1. The van der Waals surface area contributed by atoms with E-state index < -0.39 is 0 Å². The number of methoxy groups -OCH3 is 1. The van der Waals surface area contributed by atoms with E-state index in [0.717, 1.165) is 26.1 Å². The summed E-state index contributed by atoms with van der Waals surface area (Å²) in [6.45, 7) is 7.54. The highest BCUT2D eigenvalue weighted by Gasteiger charge is 2.30. The molecule has 100 valence electrons. The van der Waals surface area contributed by atoms with Crippen molar-refractivity contribution < 1.29 is 19.0 Å². The van der Waals surface area contributed by atoms with Gasteiger partial charge in [-0.05, 0) is 26.8 Å². The molecule has 0 aromatic rings. The monoisotopic (exact) mass is 245 g/mol. The van der Waals surface area contributed by atoms with Crippen molar-refractivity contribution in [3.05, 3.63) is 0 Å². The molecule has 0 bridgehead atoms. The molecule has 0 N–H and O–H groups in total. The fourth-order valence-electron chi connectivity index (χ4n) is 2.09. The summed E-state index contributed by atoms with van der Waals surface area (Å²) in [7, 11) is 1.44. The Balaban J connectivity index is 2.34. The average Bonchev–Trinajstić information content (AvgIpc) is 2.77. The summed E-state index contributed by atoms with van der Waals surface area (Å²) in [4.78, 5) is 13.6. The number of hydrogen-bond donors (Lipinski definition) is 0. The predicted molar refractivity (Wildman–Crippen MR) is 63.6 cm³/mol. The molecular weight excluding hydrogens is 222 g/mol. The topological polar surface area (TPSA) is 48.0 Å². The Morgan fingerprint density at radius 1 is 1.35 bits per heavy atom. The second-order valence-corrected chi connectivity index (χ2v) is 4.11. The summed E-state index contributed by atoms with van der Waals surface area (Å²) in [5, 5.41) is 0. The summed E-state index contributed by atoms with van der Waals surface area (Å²) < 4.78 is 15.7. The molecule has 0 aromatic heterocycles. The fourth-order valence-corrected chi connectivity index (χ4v) is 2.09. The molecule has 0 spiro atoms. The van der Waals surface area contributed by atoms with Gasteiger partial charge in [-0.15, -0.1) is 0 Å². The fraction of sp³-hybridized carbons (Fsp3) is 0.917. The largest absolute Gasteiger partial charge is 0.469 e. The van der Waals surface area contributed by atoms with Crippen molar-refractivity contribution in [1.29, 1.82) is 0 Å². The third-order valence-electron chi connectivity index (χ3n) is 2.92. The molecule has 1 aliphatic rings. The second kappa shape index (κ2) is 7.63. The molecule has 17 heavy (non-hydrogen) atoms. The maximum Gasteiger partial charge on any atom is 0.310 e. The first kappa shape index (κ1) is 14.4. The minimum Gasteiger partial charge on any atom is -0.469 e. The maximum absolute atomic E-state index is 11.4. The summed E-state index contributed by atoms with van der Waals surface area (Å²) >= 11 is 0. The minimum atomic E-state index is -0.193. The third-order valence-corrected chi connectivity index (χ3v) is 2.92. The Hall–Kier alpha value is -0.650. The van der Waals surface area contributed by atoms with Gasteiger partial charge in [-0.3, -0.25) is 9.69 Å². The number of likely N-dealkylation sites (tertiary alicyclic amines) is 1. The molecule has 1 fully saturated rings. The van der Waals surface area contributed by atoms with E-state index in [9.17, 15) is 4.79 Å². The van der Waals surface area contributed by atoms with Crippen molar-refractivity contribution >= 4 is 5.97 Å². The van der Waals surface area contributed by atoms with Gasteiger partial charge in [0, 0.05) is 26.3 Å². The number of nitrogens with zero attached hydrogens (tertiary/aromatic N) is 1. The zero-order valence-electron chi connectivity index (χ0n) is 11.0. The predicted octanol–water partition coefficient (Wildman–Crippen LogP) is 0.880. The molecule has 0 amide bonds. The van der Waals surface area contributed by atoms with Gasteiger partial charge in [-0.2, -0.15) is 0 Å². The van der Waals surface area contributed by atoms with Crippen molar-refractivity contribution in [3.8, 4) is 0 Å². The Morgan fingerprint density at radius 3 is 2.53 bits per heavy atom. The van der Waals surface area contributed by atoms with Gasteiger partial charge in [0.05, 0.1) is 13.0 Å². The molecule has 1 heterocycles. The van der Waals surface area contributed by atoms with Gasteiger partial charge in [0.2, 0.25) is 0 Å². The Bertz CT molecular complexity index is 229. The number of carbonyl (C=O) groups is 1. The molecular formula is C12H23NO4. The van der Waals surface area contributed by atoms with E-state index in [1.165, 1.54) is 7.11 Å². The number of carbonyl (C=O) groups excluding carboxylic acids is 1. The van der Waals surface area contributed by atoms with Crippen molar-refractivity contribution in [2.24, 2.45) is 5.92 Å². The summed E-state index contributed by atoms with van der Waals surface area (Å²) in [5.74, 6) is -0.110. The number of rotatable bonds is 7. The molecule has 1 atom stereocenters. The van der Waals surface area contributed by atoms with Crippen LogP contribution >= 0.6 is 0 Å². The van der Waals surface area contributed by atoms with Crippen LogP contribution in [0.2, 0.25) is 0 Å². The van der Waals surface area contributed by atoms with Gasteiger partial charge in [-0.1, -0.05) is 0 Å². The van der Waals surface area contributed by atoms with Crippen molar-refractivity contribution in [2.75, 3.05) is 40.0 Å². The number of hydrogen-bond acceptors (Lipinski definition) is 5. The zero-order chi connectivity index (χ0) is 12.7. The summed E-state index contributed by atoms with van der Waals surface area (Å²) in [6.07, 6.45) is 0.666. The molecule has 1 aliphatic heterocycles. The molecule has 0 saturated carbocycles. The quantitative estimate of drug-likeness (QED) is 0.492. The van der Waals surface area contributed by atoms with Gasteiger partial charge in [-0.25, -0.2) is 0 Å². The molecule has 0 radical (unpaired) electrons. The van der Waals surface area contributed by atoms with Gasteiger partial charge in [0.1, 0.15) is 0 Å². The Kier molecular flexibility index (Phi) is 6.47. The minimum absolute atomic E-state index is 0.00361. The van der Waals surface area contributed by atoms with E-state index in [4.69, 9.17) is 14.2 Å².